The van der Waals surface area contributed by atoms with Gasteiger partial charge in [-0.25, -0.2) is 0 Å². The van der Waals surface area contributed by atoms with Crippen LogP contribution in [0.4, 0.5) is 0 Å². The van der Waals surface area contributed by atoms with Crippen LogP contribution in [0.3, 0.4) is 0 Å². The molecule has 0 radical (unpaired) electrons. The largest absolute Gasteiger partial charge is 0.309 e. The smallest absolute Gasteiger partial charge is 0.0780 e. The average Bonchev–Trinajstić information content (AvgIpc) is 3.30. The van der Waals surface area contributed by atoms with Gasteiger partial charge in [0.15, 0.2) is 0 Å². The minimum Gasteiger partial charge on any atom is -0.309 e. The Hall–Kier alpha value is -4.69. The third-order valence-corrected chi connectivity index (χ3v) is 8.42. The van der Waals surface area contributed by atoms with Crippen molar-refractivity contribution >= 4 is 32.6 Å². The van der Waals surface area contributed by atoms with Crippen LogP contribution in [-0.2, 0) is 5.41 Å². The Balaban J connectivity index is 1.36. The first-order chi connectivity index (χ1) is 18.6. The van der Waals surface area contributed by atoms with Crippen molar-refractivity contribution in [3.63, 3.8) is 0 Å². The zero-order valence-electron chi connectivity index (χ0n) is 21.4. The molecule has 0 bridgehead atoms. The second-order valence-electron chi connectivity index (χ2n) is 10.9. The number of pyridine rings is 1. The summed E-state index contributed by atoms with van der Waals surface area (Å²) < 4.78 is 2.47. The molecule has 0 N–H and O–H groups in total. The number of para-hydroxylation sites is 2. The topological polar surface area (TPSA) is 17.8 Å². The Morgan fingerprint density at radius 3 is 2.26 bits per heavy atom. The van der Waals surface area contributed by atoms with E-state index in [1.807, 2.05) is 6.20 Å². The van der Waals surface area contributed by atoms with Gasteiger partial charge in [-0.05, 0) is 58.0 Å². The van der Waals surface area contributed by atoms with Crippen molar-refractivity contribution < 1.29 is 0 Å². The predicted molar refractivity (Wildman–Crippen MR) is 159 cm³/mol. The van der Waals surface area contributed by atoms with Gasteiger partial charge < -0.3 is 4.57 Å². The molecular weight excluding hydrogens is 460 g/mol. The number of benzene rings is 5. The molecule has 38 heavy (non-hydrogen) atoms. The van der Waals surface area contributed by atoms with Crippen molar-refractivity contribution in [2.75, 3.05) is 0 Å². The zero-order chi connectivity index (χ0) is 25.4. The molecule has 2 aromatic heterocycles. The van der Waals surface area contributed by atoms with E-state index in [0.29, 0.717) is 0 Å². The average molecular weight is 487 g/mol. The van der Waals surface area contributed by atoms with Crippen molar-refractivity contribution in [1.82, 2.24) is 9.55 Å². The fourth-order valence-electron chi connectivity index (χ4n) is 6.54. The first kappa shape index (κ1) is 21.4. The molecule has 0 aliphatic carbocycles. The summed E-state index contributed by atoms with van der Waals surface area (Å²) >= 11 is 0. The maximum absolute atomic E-state index is 4.77. The highest BCUT2D eigenvalue weighted by Gasteiger charge is 2.34. The molecule has 0 amide bonds. The minimum absolute atomic E-state index is 0.0525. The molecule has 0 unspecified atom stereocenters. The first-order valence-corrected chi connectivity index (χ1v) is 13.2. The van der Waals surface area contributed by atoms with Gasteiger partial charge in [-0.15, -0.1) is 0 Å². The van der Waals surface area contributed by atoms with Crippen molar-refractivity contribution in [3.8, 4) is 28.1 Å². The highest BCUT2D eigenvalue weighted by Crippen LogP contribution is 2.47. The molecular formula is C36H26N2. The maximum Gasteiger partial charge on any atom is 0.0780 e. The van der Waals surface area contributed by atoms with E-state index in [-0.39, 0.29) is 5.41 Å². The Bertz CT molecular complexity index is 2050. The van der Waals surface area contributed by atoms with E-state index in [9.17, 15) is 0 Å². The summed E-state index contributed by atoms with van der Waals surface area (Å²) in [6.45, 7) is 4.69. The van der Waals surface area contributed by atoms with Crippen molar-refractivity contribution in [3.05, 3.63) is 133 Å². The van der Waals surface area contributed by atoms with Crippen LogP contribution in [0.15, 0.2) is 121 Å². The molecule has 180 valence electrons. The first-order valence-electron chi connectivity index (χ1n) is 13.2. The molecule has 7 aromatic rings. The Labute approximate surface area is 221 Å². The second kappa shape index (κ2) is 7.66. The lowest BCUT2D eigenvalue weighted by Crippen LogP contribution is -2.26. The van der Waals surface area contributed by atoms with Gasteiger partial charge in [-0.1, -0.05) is 98.8 Å². The van der Waals surface area contributed by atoms with Crippen LogP contribution >= 0.6 is 0 Å². The lowest BCUT2D eigenvalue weighted by atomic mass is 9.75. The van der Waals surface area contributed by atoms with Crippen LogP contribution in [0, 0.1) is 0 Å². The highest BCUT2D eigenvalue weighted by atomic mass is 15.0. The molecule has 1 aliphatic heterocycles. The summed E-state index contributed by atoms with van der Waals surface area (Å²) in [5.74, 6) is 0. The summed E-state index contributed by atoms with van der Waals surface area (Å²) in [5.41, 5.74) is 11.2. The Morgan fingerprint density at radius 1 is 0.579 bits per heavy atom. The molecule has 0 fully saturated rings. The van der Waals surface area contributed by atoms with Crippen LogP contribution in [0.2, 0.25) is 0 Å². The van der Waals surface area contributed by atoms with Gasteiger partial charge >= 0.3 is 0 Å². The van der Waals surface area contributed by atoms with E-state index in [1.54, 1.807) is 0 Å². The number of fused-ring (bicyclic) bond motifs is 6. The van der Waals surface area contributed by atoms with E-state index in [4.69, 9.17) is 4.98 Å². The monoisotopic (exact) mass is 486 g/mol. The third kappa shape index (κ3) is 2.86. The number of hydrogen-bond donors (Lipinski definition) is 0. The van der Waals surface area contributed by atoms with E-state index in [0.717, 1.165) is 11.3 Å². The SMILES string of the molecule is CC1(C)c2ccccc2-n2c3ccc(-c4cccc(-c5nccc6ccccc56)c4)cc3c3cccc1c32. The molecule has 2 nitrogen and oxygen atoms in total. The Morgan fingerprint density at radius 2 is 1.32 bits per heavy atom. The van der Waals surface area contributed by atoms with Crippen molar-refractivity contribution in [2.24, 2.45) is 0 Å². The molecule has 8 rings (SSSR count). The lowest BCUT2D eigenvalue weighted by Gasteiger charge is -2.34. The van der Waals surface area contributed by atoms with Crippen molar-refractivity contribution in [2.45, 2.75) is 19.3 Å². The van der Waals surface area contributed by atoms with E-state index in [2.05, 4.69) is 134 Å². The molecule has 3 heterocycles. The summed E-state index contributed by atoms with van der Waals surface area (Å²) in [5, 5.41) is 4.99. The predicted octanol–water partition coefficient (Wildman–Crippen LogP) is 9.31. The number of nitrogens with zero attached hydrogens (tertiary/aromatic N) is 2. The second-order valence-corrected chi connectivity index (χ2v) is 10.9. The number of rotatable bonds is 2. The van der Waals surface area contributed by atoms with Crippen LogP contribution in [0.5, 0.6) is 0 Å². The van der Waals surface area contributed by atoms with Crippen LogP contribution < -0.4 is 0 Å². The van der Waals surface area contributed by atoms with Crippen molar-refractivity contribution in [1.29, 1.82) is 0 Å². The summed E-state index contributed by atoms with van der Waals surface area (Å²) in [6, 6.07) is 41.9. The molecule has 0 saturated carbocycles. The van der Waals surface area contributed by atoms with Crippen LogP contribution in [0.1, 0.15) is 25.0 Å². The third-order valence-electron chi connectivity index (χ3n) is 8.42. The summed E-state index contributed by atoms with van der Waals surface area (Å²) in [4.78, 5) is 4.77. The summed E-state index contributed by atoms with van der Waals surface area (Å²) in [7, 11) is 0. The van der Waals surface area contributed by atoms with Gasteiger partial charge in [-0.2, -0.15) is 0 Å². The Kier molecular flexibility index (Phi) is 4.31. The minimum atomic E-state index is -0.0525. The normalized spacial score (nSPS) is 13.7. The number of hydrogen-bond acceptors (Lipinski definition) is 1. The van der Waals surface area contributed by atoms with Crippen LogP contribution in [0.25, 0.3) is 60.6 Å². The molecule has 0 saturated heterocycles. The summed E-state index contributed by atoms with van der Waals surface area (Å²) in [6.07, 6.45) is 1.91. The molecule has 2 heteroatoms. The van der Waals surface area contributed by atoms with Gasteiger partial charge in [-0.3, -0.25) is 4.98 Å². The van der Waals surface area contributed by atoms with Gasteiger partial charge in [0, 0.05) is 33.3 Å². The molecule has 0 atom stereocenters. The standard InChI is InChI=1S/C36H26N2/c1-36(2)30-14-5-6-16-33(30)38-32-18-17-25(22-29(32)28-13-8-15-31(36)35(28)38)24-10-7-11-26(21-24)34-27-12-4-3-9-23(27)19-20-37-34/h3-22H,1-2H3. The van der Waals surface area contributed by atoms with Gasteiger partial charge in [0.25, 0.3) is 0 Å². The fourth-order valence-corrected chi connectivity index (χ4v) is 6.54. The zero-order valence-corrected chi connectivity index (χ0v) is 21.4. The van der Waals surface area contributed by atoms with E-state index < -0.39 is 0 Å². The molecule has 0 spiro atoms. The van der Waals surface area contributed by atoms with Gasteiger partial charge in [0.2, 0.25) is 0 Å². The van der Waals surface area contributed by atoms with Crippen LogP contribution in [-0.4, -0.2) is 9.55 Å². The molecule has 5 aromatic carbocycles. The molecule has 1 aliphatic rings. The number of aromatic nitrogens is 2. The van der Waals surface area contributed by atoms with Gasteiger partial charge in [0.05, 0.1) is 22.4 Å². The van der Waals surface area contributed by atoms with E-state index in [1.165, 1.54) is 60.5 Å². The van der Waals surface area contributed by atoms with E-state index >= 15 is 0 Å². The van der Waals surface area contributed by atoms with Gasteiger partial charge in [0.1, 0.15) is 0 Å². The lowest BCUT2D eigenvalue weighted by molar-refractivity contribution is 0.630. The maximum atomic E-state index is 4.77. The fraction of sp³-hybridized carbons (Fsp3) is 0.0833. The quantitative estimate of drug-likeness (QED) is 0.238. The highest BCUT2D eigenvalue weighted by molar-refractivity contribution is 6.12.